The molecule has 0 radical (unpaired) electrons. The van der Waals surface area contributed by atoms with E-state index in [0.29, 0.717) is 6.07 Å². The lowest BCUT2D eigenvalue weighted by molar-refractivity contribution is 0.0470. The van der Waals surface area contributed by atoms with Crippen LogP contribution < -0.4 is 5.73 Å². The first kappa shape index (κ1) is 13.9. The van der Waals surface area contributed by atoms with Crippen LogP contribution in [0, 0.1) is 17.5 Å². The monoisotopic (exact) mass is 281 g/mol. The Kier molecular flexibility index (Phi) is 3.93. The fourth-order valence-corrected chi connectivity index (χ4v) is 1.58. The zero-order chi connectivity index (χ0) is 14.7. The van der Waals surface area contributed by atoms with Crippen LogP contribution in [0.3, 0.4) is 0 Å². The van der Waals surface area contributed by atoms with Crippen LogP contribution in [-0.4, -0.2) is 5.97 Å². The van der Waals surface area contributed by atoms with E-state index < -0.39 is 23.4 Å². The molecular weight excluding hydrogens is 271 g/mol. The molecular formula is C14H10F3NO2. The zero-order valence-corrected chi connectivity index (χ0v) is 10.2. The smallest absolute Gasteiger partial charge is 0.340 e. The Hall–Kier alpha value is -2.50. The second-order valence-corrected chi connectivity index (χ2v) is 4.04. The highest BCUT2D eigenvalue weighted by Crippen LogP contribution is 2.16. The van der Waals surface area contributed by atoms with Gasteiger partial charge in [0.2, 0.25) is 0 Å². The molecule has 6 heteroatoms. The highest BCUT2D eigenvalue weighted by atomic mass is 19.1. The van der Waals surface area contributed by atoms with E-state index in [1.807, 2.05) is 0 Å². The molecule has 0 amide bonds. The Bertz CT molecular complexity index is 659. The lowest BCUT2D eigenvalue weighted by atomic mass is 10.2. The molecule has 0 aliphatic carbocycles. The van der Waals surface area contributed by atoms with Gasteiger partial charge in [-0.3, -0.25) is 0 Å². The van der Waals surface area contributed by atoms with Crippen LogP contribution in [0.5, 0.6) is 0 Å². The maximum Gasteiger partial charge on any atom is 0.340 e. The molecule has 2 N–H and O–H groups in total. The van der Waals surface area contributed by atoms with Crippen LogP contribution in [0.4, 0.5) is 18.9 Å². The fraction of sp³-hybridized carbons (Fsp3) is 0.0714. The molecule has 2 aromatic rings. The number of benzene rings is 2. The molecule has 0 aliphatic rings. The number of carbonyl (C=O) groups is 1. The molecule has 2 rings (SSSR count). The van der Waals surface area contributed by atoms with Gasteiger partial charge in [0.15, 0.2) is 0 Å². The van der Waals surface area contributed by atoms with E-state index in [2.05, 4.69) is 0 Å². The average Bonchev–Trinajstić information content (AvgIpc) is 2.37. The Morgan fingerprint density at radius 2 is 1.70 bits per heavy atom. The van der Waals surface area contributed by atoms with Crippen molar-refractivity contribution in [1.29, 1.82) is 0 Å². The minimum Gasteiger partial charge on any atom is -0.457 e. The Morgan fingerprint density at radius 1 is 1.05 bits per heavy atom. The summed E-state index contributed by atoms with van der Waals surface area (Å²) in [5.74, 6) is -2.93. The Balaban J connectivity index is 2.08. The van der Waals surface area contributed by atoms with E-state index in [0.717, 1.165) is 18.2 Å². The molecule has 0 atom stereocenters. The summed E-state index contributed by atoms with van der Waals surface area (Å²) in [5, 5.41) is 0. The Morgan fingerprint density at radius 3 is 2.35 bits per heavy atom. The molecule has 0 unspecified atom stereocenters. The molecule has 0 spiro atoms. The number of hydrogen-bond acceptors (Lipinski definition) is 3. The molecule has 2 aromatic carbocycles. The predicted octanol–water partition coefficient (Wildman–Crippen LogP) is 3.04. The van der Waals surface area contributed by atoms with Crippen LogP contribution >= 0.6 is 0 Å². The summed E-state index contributed by atoms with van der Waals surface area (Å²) in [4.78, 5) is 11.7. The first-order chi connectivity index (χ1) is 9.47. The van der Waals surface area contributed by atoms with Gasteiger partial charge in [0.25, 0.3) is 0 Å². The number of rotatable bonds is 3. The van der Waals surface area contributed by atoms with Crippen LogP contribution in [0.25, 0.3) is 0 Å². The summed E-state index contributed by atoms with van der Waals surface area (Å²) in [6, 6.07) is 6.13. The minimum absolute atomic E-state index is 0.0195. The van der Waals surface area contributed by atoms with Crippen LogP contribution in [0.15, 0.2) is 36.4 Å². The van der Waals surface area contributed by atoms with Crippen molar-refractivity contribution in [3.63, 3.8) is 0 Å². The molecule has 0 aromatic heterocycles. The minimum atomic E-state index is -0.815. The van der Waals surface area contributed by atoms with Crippen LogP contribution in [0.1, 0.15) is 15.9 Å². The van der Waals surface area contributed by atoms with Crippen LogP contribution in [0.2, 0.25) is 0 Å². The van der Waals surface area contributed by atoms with Crippen molar-refractivity contribution in [3.8, 4) is 0 Å². The van der Waals surface area contributed by atoms with E-state index in [-0.39, 0.29) is 23.4 Å². The summed E-state index contributed by atoms with van der Waals surface area (Å²) in [7, 11) is 0. The number of halogens is 3. The van der Waals surface area contributed by atoms with Gasteiger partial charge in [-0.15, -0.1) is 0 Å². The SMILES string of the molecule is Nc1cc(F)ccc1C(=O)OCc1ccc(F)cc1F. The van der Waals surface area contributed by atoms with Crippen molar-refractivity contribution in [2.45, 2.75) is 6.61 Å². The summed E-state index contributed by atoms with van der Waals surface area (Å²) in [5.41, 5.74) is 5.41. The van der Waals surface area contributed by atoms with Crippen molar-refractivity contribution in [2.24, 2.45) is 0 Å². The third-order valence-corrected chi connectivity index (χ3v) is 2.61. The molecule has 0 aliphatic heterocycles. The molecule has 20 heavy (non-hydrogen) atoms. The molecule has 3 nitrogen and oxygen atoms in total. The second-order valence-electron chi connectivity index (χ2n) is 4.04. The van der Waals surface area contributed by atoms with E-state index >= 15 is 0 Å². The normalized spacial score (nSPS) is 10.3. The first-order valence-corrected chi connectivity index (χ1v) is 5.63. The number of ether oxygens (including phenoxy) is 1. The van der Waals surface area contributed by atoms with Gasteiger partial charge in [-0.25, -0.2) is 18.0 Å². The van der Waals surface area contributed by atoms with E-state index in [4.69, 9.17) is 10.5 Å². The quantitative estimate of drug-likeness (QED) is 0.695. The fourth-order valence-electron chi connectivity index (χ4n) is 1.58. The van der Waals surface area contributed by atoms with E-state index in [1.165, 1.54) is 12.1 Å². The molecule has 0 saturated heterocycles. The van der Waals surface area contributed by atoms with Gasteiger partial charge in [-0.1, -0.05) is 0 Å². The van der Waals surface area contributed by atoms with E-state index in [9.17, 15) is 18.0 Å². The van der Waals surface area contributed by atoms with Crippen LogP contribution in [-0.2, 0) is 11.3 Å². The number of carbonyl (C=O) groups excluding carboxylic acids is 1. The third-order valence-electron chi connectivity index (χ3n) is 2.61. The van der Waals surface area contributed by atoms with Gasteiger partial charge in [0.05, 0.1) is 5.56 Å². The summed E-state index contributed by atoms with van der Waals surface area (Å²) >= 11 is 0. The van der Waals surface area contributed by atoms with Gasteiger partial charge in [0, 0.05) is 17.3 Å². The number of esters is 1. The standard InChI is InChI=1S/C14H10F3NO2/c15-9-2-1-8(12(17)5-9)7-20-14(19)11-4-3-10(16)6-13(11)18/h1-6H,7,18H2. The third kappa shape index (κ3) is 3.09. The largest absolute Gasteiger partial charge is 0.457 e. The number of nitrogen functional groups attached to an aromatic ring is 1. The lowest BCUT2D eigenvalue weighted by Gasteiger charge is -2.08. The van der Waals surface area contributed by atoms with Crippen molar-refractivity contribution >= 4 is 11.7 Å². The van der Waals surface area contributed by atoms with Crippen molar-refractivity contribution in [1.82, 2.24) is 0 Å². The van der Waals surface area contributed by atoms with Gasteiger partial charge in [-0.05, 0) is 30.3 Å². The summed E-state index contributed by atoms with van der Waals surface area (Å²) in [6.45, 7) is -0.373. The van der Waals surface area contributed by atoms with E-state index in [1.54, 1.807) is 0 Å². The molecule has 0 bridgehead atoms. The lowest BCUT2D eigenvalue weighted by Crippen LogP contribution is -2.09. The number of hydrogen-bond donors (Lipinski definition) is 1. The molecule has 104 valence electrons. The molecule has 0 heterocycles. The maximum absolute atomic E-state index is 13.3. The highest BCUT2D eigenvalue weighted by molar-refractivity contribution is 5.94. The molecule has 0 saturated carbocycles. The van der Waals surface area contributed by atoms with Gasteiger partial charge in [-0.2, -0.15) is 0 Å². The molecule has 0 fully saturated rings. The van der Waals surface area contributed by atoms with Crippen molar-refractivity contribution in [3.05, 3.63) is 65.0 Å². The zero-order valence-electron chi connectivity index (χ0n) is 10.2. The number of nitrogens with two attached hydrogens (primary N) is 1. The topological polar surface area (TPSA) is 52.3 Å². The Labute approximate surface area is 112 Å². The van der Waals surface area contributed by atoms with Gasteiger partial charge < -0.3 is 10.5 Å². The van der Waals surface area contributed by atoms with Crippen molar-refractivity contribution in [2.75, 3.05) is 5.73 Å². The van der Waals surface area contributed by atoms with Gasteiger partial charge in [0.1, 0.15) is 24.1 Å². The average molecular weight is 281 g/mol. The van der Waals surface area contributed by atoms with Crippen molar-refractivity contribution < 1.29 is 22.7 Å². The maximum atomic E-state index is 13.3. The van der Waals surface area contributed by atoms with Gasteiger partial charge >= 0.3 is 5.97 Å². The summed E-state index contributed by atoms with van der Waals surface area (Å²) < 4.78 is 43.7. The number of anilines is 1. The summed E-state index contributed by atoms with van der Waals surface area (Å²) in [6.07, 6.45) is 0. The highest BCUT2D eigenvalue weighted by Gasteiger charge is 2.13. The predicted molar refractivity (Wildman–Crippen MR) is 66.3 cm³/mol. The first-order valence-electron chi connectivity index (χ1n) is 5.63. The second kappa shape index (κ2) is 5.64.